The average molecular weight is 379 g/mol. The molecule has 1 heterocycles. The molecule has 1 aliphatic rings. The van der Waals surface area contributed by atoms with Gasteiger partial charge in [0.1, 0.15) is 0 Å². The number of carbonyl (C=O) groups is 2. The van der Waals surface area contributed by atoms with E-state index in [9.17, 15) is 18.0 Å². The van der Waals surface area contributed by atoms with Crippen LogP contribution in [0.2, 0.25) is 0 Å². The molecule has 2 atom stereocenters. The smallest absolute Gasteiger partial charge is 0.248 e. The molecule has 0 aromatic carbocycles. The van der Waals surface area contributed by atoms with Gasteiger partial charge in [-0.2, -0.15) is 0 Å². The lowest BCUT2D eigenvalue weighted by atomic mass is 9.83. The summed E-state index contributed by atoms with van der Waals surface area (Å²) in [7, 11) is -3.26. The molecule has 1 fully saturated rings. The van der Waals surface area contributed by atoms with Gasteiger partial charge in [-0.25, -0.2) is 13.9 Å². The lowest BCUT2D eigenvalue weighted by Crippen LogP contribution is -2.50. The number of hydrogen-bond donors (Lipinski definition) is 3. The molecule has 0 saturated carbocycles. The van der Waals surface area contributed by atoms with Crippen LogP contribution in [-0.2, 0) is 24.2 Å². The van der Waals surface area contributed by atoms with E-state index in [0.717, 1.165) is 6.26 Å². The summed E-state index contributed by atoms with van der Waals surface area (Å²) in [6, 6.07) is 0. The number of nitrogens with one attached hydrogen (secondary N) is 2. The first-order chi connectivity index (χ1) is 11.7. The van der Waals surface area contributed by atoms with Crippen LogP contribution in [0.25, 0.3) is 0 Å². The monoisotopic (exact) mass is 379 g/mol. The van der Waals surface area contributed by atoms with Gasteiger partial charge < -0.3 is 15.0 Å². The average Bonchev–Trinajstić information content (AvgIpc) is 2.55. The minimum atomic E-state index is -3.26. The second-order valence-corrected chi connectivity index (χ2v) is 8.92. The minimum absolute atomic E-state index is 0.0209. The molecule has 146 valence electrons. The Morgan fingerprint density at radius 2 is 1.80 bits per heavy atom. The Bertz CT molecular complexity index is 545. The first-order valence-electron chi connectivity index (χ1n) is 8.34. The third-order valence-corrected chi connectivity index (χ3v) is 4.75. The standard InChI is InChI=1S/C15H29N3O6S/c1-11(2)8-12(15(20)18-4-6-24-7-5-18)13(14(19)17-21)9-16-10-25(3,22)23/h11-13,16,21H,4-10H2,1-3H3,(H,17,19). The van der Waals surface area contributed by atoms with Gasteiger partial charge in [-0.3, -0.25) is 14.8 Å². The number of morpholine rings is 1. The van der Waals surface area contributed by atoms with Crippen molar-refractivity contribution in [2.24, 2.45) is 17.8 Å². The fourth-order valence-electron chi connectivity index (χ4n) is 2.86. The van der Waals surface area contributed by atoms with Crippen LogP contribution >= 0.6 is 0 Å². The Morgan fingerprint density at radius 1 is 1.20 bits per heavy atom. The third kappa shape index (κ3) is 7.68. The Hall–Kier alpha value is -1.23. The molecule has 1 aliphatic heterocycles. The van der Waals surface area contributed by atoms with Gasteiger partial charge in [0.2, 0.25) is 11.8 Å². The maximum atomic E-state index is 12.9. The van der Waals surface area contributed by atoms with E-state index in [1.54, 1.807) is 10.4 Å². The van der Waals surface area contributed by atoms with Crippen molar-refractivity contribution < 1.29 is 28.0 Å². The number of ether oxygens (including phenoxy) is 1. The van der Waals surface area contributed by atoms with Gasteiger partial charge in [-0.1, -0.05) is 13.8 Å². The van der Waals surface area contributed by atoms with Gasteiger partial charge in [-0.05, 0) is 12.3 Å². The molecule has 0 aromatic heterocycles. The molecular formula is C15H29N3O6S. The van der Waals surface area contributed by atoms with E-state index < -0.39 is 27.6 Å². The van der Waals surface area contributed by atoms with Crippen LogP contribution in [0, 0.1) is 17.8 Å². The van der Waals surface area contributed by atoms with Crippen molar-refractivity contribution in [2.75, 3.05) is 45.0 Å². The van der Waals surface area contributed by atoms with Gasteiger partial charge >= 0.3 is 0 Å². The summed E-state index contributed by atoms with van der Waals surface area (Å²) in [6.07, 6.45) is 1.53. The molecule has 0 aliphatic carbocycles. The van der Waals surface area contributed by atoms with E-state index in [0.29, 0.717) is 32.7 Å². The number of hydroxylamine groups is 1. The molecule has 25 heavy (non-hydrogen) atoms. The topological polar surface area (TPSA) is 125 Å². The van der Waals surface area contributed by atoms with E-state index >= 15 is 0 Å². The molecule has 3 N–H and O–H groups in total. The first kappa shape index (κ1) is 21.8. The van der Waals surface area contributed by atoms with Crippen molar-refractivity contribution in [3.05, 3.63) is 0 Å². The van der Waals surface area contributed by atoms with Crippen LogP contribution in [0.1, 0.15) is 20.3 Å². The van der Waals surface area contributed by atoms with Gasteiger partial charge in [0.25, 0.3) is 0 Å². The van der Waals surface area contributed by atoms with Crippen molar-refractivity contribution >= 4 is 21.7 Å². The normalized spacial score (nSPS) is 18.0. The van der Waals surface area contributed by atoms with Crippen LogP contribution in [0.5, 0.6) is 0 Å². The highest BCUT2D eigenvalue weighted by Crippen LogP contribution is 2.24. The fraction of sp³-hybridized carbons (Fsp3) is 0.867. The zero-order valence-electron chi connectivity index (χ0n) is 15.0. The predicted octanol–water partition coefficient (Wildman–Crippen LogP) is -0.779. The van der Waals surface area contributed by atoms with E-state index in [1.165, 1.54) is 0 Å². The van der Waals surface area contributed by atoms with Crippen LogP contribution in [0.3, 0.4) is 0 Å². The molecule has 2 amide bonds. The molecule has 0 aromatic rings. The maximum absolute atomic E-state index is 12.9. The number of nitrogens with zero attached hydrogens (tertiary/aromatic N) is 1. The second kappa shape index (κ2) is 10.0. The lowest BCUT2D eigenvalue weighted by molar-refractivity contribution is -0.148. The molecule has 0 bridgehead atoms. The second-order valence-electron chi connectivity index (χ2n) is 6.78. The number of rotatable bonds is 9. The summed E-state index contributed by atoms with van der Waals surface area (Å²) in [5.41, 5.74) is 1.60. The predicted molar refractivity (Wildman–Crippen MR) is 91.5 cm³/mol. The van der Waals surface area contributed by atoms with Crippen molar-refractivity contribution in [1.29, 1.82) is 0 Å². The summed E-state index contributed by atoms with van der Waals surface area (Å²) in [6.45, 7) is 5.67. The van der Waals surface area contributed by atoms with Crippen molar-refractivity contribution in [3.8, 4) is 0 Å². The van der Waals surface area contributed by atoms with Crippen molar-refractivity contribution in [3.63, 3.8) is 0 Å². The molecule has 10 heteroatoms. The zero-order valence-corrected chi connectivity index (χ0v) is 15.8. The SMILES string of the molecule is CC(C)CC(C(=O)N1CCOCC1)C(CNCS(C)(=O)=O)C(=O)NO. The summed E-state index contributed by atoms with van der Waals surface area (Å²) in [5.74, 6) is -2.55. The van der Waals surface area contributed by atoms with Gasteiger partial charge in [0.05, 0.1) is 30.9 Å². The van der Waals surface area contributed by atoms with Crippen molar-refractivity contribution in [2.45, 2.75) is 20.3 Å². The van der Waals surface area contributed by atoms with Crippen LogP contribution in [0.4, 0.5) is 0 Å². The summed E-state index contributed by atoms with van der Waals surface area (Å²) >= 11 is 0. The molecule has 9 nitrogen and oxygen atoms in total. The van der Waals surface area contributed by atoms with Crippen LogP contribution in [-0.4, -0.2) is 75.3 Å². The van der Waals surface area contributed by atoms with Gasteiger partial charge in [0.15, 0.2) is 9.84 Å². The first-order valence-corrected chi connectivity index (χ1v) is 10.4. The number of amides is 2. The van der Waals surface area contributed by atoms with Crippen LogP contribution in [0.15, 0.2) is 0 Å². The van der Waals surface area contributed by atoms with E-state index in [1.807, 2.05) is 13.8 Å². The van der Waals surface area contributed by atoms with Crippen LogP contribution < -0.4 is 10.8 Å². The third-order valence-electron chi connectivity index (χ3n) is 4.03. The Balaban J connectivity index is 2.93. The number of hydrogen-bond acceptors (Lipinski definition) is 7. The number of sulfone groups is 1. The Labute approximate surface area is 149 Å². The highest BCUT2D eigenvalue weighted by atomic mass is 32.2. The summed E-state index contributed by atoms with van der Waals surface area (Å²) in [5, 5.41) is 11.7. The highest BCUT2D eigenvalue weighted by molar-refractivity contribution is 7.90. The van der Waals surface area contributed by atoms with E-state index in [-0.39, 0.29) is 24.2 Å². The minimum Gasteiger partial charge on any atom is -0.378 e. The fourth-order valence-corrected chi connectivity index (χ4v) is 3.35. The largest absolute Gasteiger partial charge is 0.378 e. The molecule has 0 radical (unpaired) electrons. The molecule has 2 unspecified atom stereocenters. The number of carbonyl (C=O) groups excluding carboxylic acids is 2. The van der Waals surface area contributed by atoms with Gasteiger partial charge in [-0.15, -0.1) is 0 Å². The lowest BCUT2D eigenvalue weighted by Gasteiger charge is -2.34. The molecule has 1 rings (SSSR count). The zero-order chi connectivity index (χ0) is 19.0. The molecule has 1 saturated heterocycles. The van der Waals surface area contributed by atoms with Gasteiger partial charge in [0, 0.05) is 25.9 Å². The van der Waals surface area contributed by atoms with E-state index in [4.69, 9.17) is 9.94 Å². The quantitative estimate of drug-likeness (QED) is 0.354. The highest BCUT2D eigenvalue weighted by Gasteiger charge is 2.36. The Morgan fingerprint density at radius 3 is 2.28 bits per heavy atom. The molecule has 0 spiro atoms. The van der Waals surface area contributed by atoms with E-state index in [2.05, 4.69) is 5.32 Å². The van der Waals surface area contributed by atoms with Crippen molar-refractivity contribution in [1.82, 2.24) is 15.7 Å². The summed E-state index contributed by atoms with van der Waals surface area (Å²) in [4.78, 5) is 26.7. The maximum Gasteiger partial charge on any atom is 0.248 e. The summed E-state index contributed by atoms with van der Waals surface area (Å²) < 4.78 is 27.8. The Kier molecular flexibility index (Phi) is 8.77. The molecular weight excluding hydrogens is 350 g/mol.